The standard InChI is InChI=1S/C20H24FN3O2/c21-17-5-1-16(2-6-17)12-23-18-7-3-15(4-8-18)11-20(26)24-10-9-22-19(13-24)14-25/h1-8,19,22-23,25H,9-14H2/t19-/m0/s1. The van der Waals surface area contributed by atoms with Gasteiger partial charge in [-0.3, -0.25) is 4.79 Å². The van der Waals surface area contributed by atoms with Gasteiger partial charge in [0.1, 0.15) is 5.82 Å². The zero-order valence-corrected chi connectivity index (χ0v) is 14.6. The van der Waals surface area contributed by atoms with Gasteiger partial charge >= 0.3 is 0 Å². The number of halogens is 1. The number of amides is 1. The lowest BCUT2D eigenvalue weighted by Gasteiger charge is -2.32. The van der Waals surface area contributed by atoms with Crippen LogP contribution in [0.5, 0.6) is 0 Å². The second-order valence-electron chi connectivity index (χ2n) is 6.53. The number of benzene rings is 2. The minimum absolute atomic E-state index is 0.0364. The molecule has 1 aliphatic rings. The van der Waals surface area contributed by atoms with Gasteiger partial charge < -0.3 is 20.6 Å². The highest BCUT2D eigenvalue weighted by atomic mass is 19.1. The van der Waals surface area contributed by atoms with Crippen molar-refractivity contribution in [3.05, 3.63) is 65.5 Å². The number of hydrogen-bond donors (Lipinski definition) is 3. The first-order valence-electron chi connectivity index (χ1n) is 8.83. The number of rotatable bonds is 6. The van der Waals surface area contributed by atoms with Gasteiger partial charge in [0.2, 0.25) is 5.91 Å². The summed E-state index contributed by atoms with van der Waals surface area (Å²) in [5, 5.41) is 15.7. The predicted molar refractivity (Wildman–Crippen MR) is 99.3 cm³/mol. The molecule has 0 bridgehead atoms. The van der Waals surface area contributed by atoms with Gasteiger partial charge in [0.25, 0.3) is 0 Å². The Balaban J connectivity index is 1.50. The molecule has 1 fully saturated rings. The third-order valence-corrected chi connectivity index (χ3v) is 4.55. The number of carbonyl (C=O) groups is 1. The summed E-state index contributed by atoms with van der Waals surface area (Å²) in [5.41, 5.74) is 2.91. The van der Waals surface area contributed by atoms with Crippen molar-refractivity contribution in [2.24, 2.45) is 0 Å². The maximum atomic E-state index is 12.9. The molecule has 3 rings (SSSR count). The van der Waals surface area contributed by atoms with Crippen molar-refractivity contribution in [3.8, 4) is 0 Å². The number of hydrogen-bond acceptors (Lipinski definition) is 4. The van der Waals surface area contributed by atoms with Crippen LogP contribution in [-0.2, 0) is 17.8 Å². The molecule has 0 aromatic heterocycles. The van der Waals surface area contributed by atoms with Crippen LogP contribution in [0.15, 0.2) is 48.5 Å². The minimum atomic E-state index is -0.238. The molecule has 26 heavy (non-hydrogen) atoms. The van der Waals surface area contributed by atoms with Crippen LogP contribution in [0.3, 0.4) is 0 Å². The summed E-state index contributed by atoms with van der Waals surface area (Å²) < 4.78 is 12.9. The quantitative estimate of drug-likeness (QED) is 0.737. The van der Waals surface area contributed by atoms with Gasteiger partial charge in [-0.2, -0.15) is 0 Å². The minimum Gasteiger partial charge on any atom is -0.395 e. The molecule has 1 aliphatic heterocycles. The zero-order valence-electron chi connectivity index (χ0n) is 14.6. The van der Waals surface area contributed by atoms with Crippen LogP contribution in [0.4, 0.5) is 10.1 Å². The molecule has 0 spiro atoms. The average Bonchev–Trinajstić information content (AvgIpc) is 2.68. The van der Waals surface area contributed by atoms with E-state index >= 15 is 0 Å². The van der Waals surface area contributed by atoms with Crippen LogP contribution < -0.4 is 10.6 Å². The Labute approximate surface area is 152 Å². The third kappa shape index (κ3) is 5.03. The third-order valence-electron chi connectivity index (χ3n) is 4.55. The van der Waals surface area contributed by atoms with Gasteiger partial charge in [0, 0.05) is 37.9 Å². The molecule has 1 atom stereocenters. The Morgan fingerprint density at radius 1 is 1.15 bits per heavy atom. The zero-order chi connectivity index (χ0) is 18.4. The molecule has 0 unspecified atom stereocenters. The molecule has 0 aliphatic carbocycles. The first-order valence-corrected chi connectivity index (χ1v) is 8.83. The van der Waals surface area contributed by atoms with Crippen LogP contribution in [0.1, 0.15) is 11.1 Å². The molecule has 1 heterocycles. The number of piperazine rings is 1. The van der Waals surface area contributed by atoms with Gasteiger partial charge in [-0.1, -0.05) is 24.3 Å². The number of nitrogens with zero attached hydrogens (tertiary/aromatic N) is 1. The summed E-state index contributed by atoms with van der Waals surface area (Å²) in [6.45, 7) is 2.59. The molecule has 3 N–H and O–H groups in total. The predicted octanol–water partition coefficient (Wildman–Crippen LogP) is 1.77. The molecule has 0 saturated carbocycles. The van der Waals surface area contributed by atoms with Crippen LogP contribution in [-0.4, -0.2) is 48.2 Å². The first-order chi connectivity index (χ1) is 12.6. The normalized spacial score (nSPS) is 17.2. The van der Waals surface area contributed by atoms with E-state index < -0.39 is 0 Å². The monoisotopic (exact) mass is 357 g/mol. The lowest BCUT2D eigenvalue weighted by atomic mass is 10.1. The fourth-order valence-corrected chi connectivity index (χ4v) is 3.01. The number of carbonyl (C=O) groups excluding carboxylic acids is 1. The Morgan fingerprint density at radius 2 is 1.85 bits per heavy atom. The lowest BCUT2D eigenvalue weighted by molar-refractivity contribution is -0.131. The maximum Gasteiger partial charge on any atom is 0.227 e. The van der Waals surface area contributed by atoms with Gasteiger partial charge in [0.15, 0.2) is 0 Å². The van der Waals surface area contributed by atoms with E-state index in [-0.39, 0.29) is 24.4 Å². The molecular formula is C20H24FN3O2. The van der Waals surface area contributed by atoms with Crippen LogP contribution in [0.2, 0.25) is 0 Å². The van der Waals surface area contributed by atoms with Crippen molar-refractivity contribution in [1.82, 2.24) is 10.2 Å². The Bertz CT molecular complexity index is 719. The van der Waals surface area contributed by atoms with Crippen molar-refractivity contribution in [3.63, 3.8) is 0 Å². The van der Waals surface area contributed by atoms with Gasteiger partial charge in [-0.15, -0.1) is 0 Å². The summed E-state index contributed by atoms with van der Waals surface area (Å²) >= 11 is 0. The molecule has 5 nitrogen and oxygen atoms in total. The summed E-state index contributed by atoms with van der Waals surface area (Å²) in [6, 6.07) is 14.1. The Morgan fingerprint density at radius 3 is 2.54 bits per heavy atom. The molecule has 0 radical (unpaired) electrons. The summed E-state index contributed by atoms with van der Waals surface area (Å²) in [4.78, 5) is 14.2. The van der Waals surface area contributed by atoms with E-state index in [1.165, 1.54) is 12.1 Å². The van der Waals surface area contributed by atoms with Crippen LogP contribution in [0.25, 0.3) is 0 Å². The van der Waals surface area contributed by atoms with Crippen molar-refractivity contribution >= 4 is 11.6 Å². The lowest BCUT2D eigenvalue weighted by Crippen LogP contribution is -2.54. The number of aliphatic hydroxyl groups excluding tert-OH is 1. The smallest absolute Gasteiger partial charge is 0.227 e. The Kier molecular flexibility index (Phi) is 6.20. The molecule has 2 aromatic carbocycles. The summed E-state index contributed by atoms with van der Waals surface area (Å²) in [5.74, 6) is -0.158. The van der Waals surface area contributed by atoms with Crippen LogP contribution in [0, 0.1) is 5.82 Å². The SMILES string of the molecule is O=C(Cc1ccc(NCc2ccc(F)cc2)cc1)N1CCN[C@H](CO)C1. The van der Waals surface area contributed by atoms with E-state index in [2.05, 4.69) is 10.6 Å². The molecule has 2 aromatic rings. The van der Waals surface area contributed by atoms with Gasteiger partial charge in [-0.25, -0.2) is 4.39 Å². The highest BCUT2D eigenvalue weighted by molar-refractivity contribution is 5.79. The van der Waals surface area contributed by atoms with E-state index in [0.29, 0.717) is 32.6 Å². The molecular weight excluding hydrogens is 333 g/mol. The number of anilines is 1. The summed E-state index contributed by atoms with van der Waals surface area (Å²) in [6.07, 6.45) is 0.358. The number of nitrogens with one attached hydrogen (secondary N) is 2. The molecule has 6 heteroatoms. The van der Waals surface area contributed by atoms with Gasteiger partial charge in [0.05, 0.1) is 13.0 Å². The van der Waals surface area contributed by atoms with Crippen molar-refractivity contribution in [2.45, 2.75) is 19.0 Å². The second kappa shape index (κ2) is 8.78. The fraction of sp³-hybridized carbons (Fsp3) is 0.350. The topological polar surface area (TPSA) is 64.6 Å². The van der Waals surface area contributed by atoms with E-state index in [1.54, 1.807) is 17.0 Å². The maximum absolute atomic E-state index is 12.9. The van der Waals surface area contributed by atoms with Crippen LogP contribution >= 0.6 is 0 Å². The van der Waals surface area contributed by atoms with Gasteiger partial charge in [-0.05, 0) is 35.4 Å². The van der Waals surface area contributed by atoms with Crippen molar-refractivity contribution in [2.75, 3.05) is 31.6 Å². The Hall–Kier alpha value is -2.44. The van der Waals surface area contributed by atoms with E-state index in [0.717, 1.165) is 16.8 Å². The largest absolute Gasteiger partial charge is 0.395 e. The molecule has 1 saturated heterocycles. The van der Waals surface area contributed by atoms with E-state index in [4.69, 9.17) is 0 Å². The molecule has 1 amide bonds. The fourth-order valence-electron chi connectivity index (χ4n) is 3.01. The number of aliphatic hydroxyl groups is 1. The highest BCUT2D eigenvalue weighted by Crippen LogP contribution is 2.13. The second-order valence-corrected chi connectivity index (χ2v) is 6.53. The molecule has 138 valence electrons. The van der Waals surface area contributed by atoms with E-state index in [9.17, 15) is 14.3 Å². The highest BCUT2D eigenvalue weighted by Gasteiger charge is 2.22. The summed E-state index contributed by atoms with van der Waals surface area (Å²) in [7, 11) is 0. The van der Waals surface area contributed by atoms with Crippen molar-refractivity contribution < 1.29 is 14.3 Å². The first kappa shape index (κ1) is 18.4. The van der Waals surface area contributed by atoms with Crippen molar-refractivity contribution in [1.29, 1.82) is 0 Å². The van der Waals surface area contributed by atoms with E-state index in [1.807, 2.05) is 24.3 Å². The average molecular weight is 357 g/mol.